The molecule has 5 nitrogen and oxygen atoms in total. The van der Waals surface area contributed by atoms with E-state index in [0.717, 1.165) is 60.8 Å². The summed E-state index contributed by atoms with van der Waals surface area (Å²) < 4.78 is 0. The molecule has 0 atom stereocenters. The highest BCUT2D eigenvalue weighted by Crippen LogP contribution is 2.40. The van der Waals surface area contributed by atoms with E-state index in [1.807, 2.05) is 35.2 Å². The quantitative estimate of drug-likeness (QED) is 0.882. The average Bonchev–Trinajstić information content (AvgIpc) is 3.56. The second-order valence-electron chi connectivity index (χ2n) is 7.74. The number of benzene rings is 1. The molecule has 1 saturated heterocycles. The zero-order chi connectivity index (χ0) is 18.8. The Balaban J connectivity index is 1.51. The van der Waals surface area contributed by atoms with E-state index in [0.29, 0.717) is 19.0 Å². The molecule has 2 aromatic rings. The molecule has 0 unspecified atom stereocenters. The van der Waals surface area contributed by atoms with Crippen molar-refractivity contribution in [3.63, 3.8) is 0 Å². The molecule has 2 fully saturated rings. The summed E-state index contributed by atoms with van der Waals surface area (Å²) in [5, 5.41) is 3.90. The molecule has 1 N–H and O–H groups in total. The van der Waals surface area contributed by atoms with Crippen molar-refractivity contribution in [1.29, 1.82) is 0 Å². The normalized spacial score (nSPS) is 17.9. The monoisotopic (exact) mass is 365 g/mol. The van der Waals surface area contributed by atoms with Gasteiger partial charge in [0.05, 0.1) is 11.1 Å². The number of nitrogens with one attached hydrogen (secondary N) is 1. The number of hydrogen-bond donors (Lipinski definition) is 1. The number of carbonyl (C=O) groups is 2. The van der Waals surface area contributed by atoms with Crippen LogP contribution in [0.4, 0.5) is 0 Å². The minimum absolute atomic E-state index is 0.0248. The first kappa shape index (κ1) is 18.0. The second kappa shape index (κ2) is 7.67. The van der Waals surface area contributed by atoms with Gasteiger partial charge in [0.25, 0.3) is 5.91 Å². The number of pyridine rings is 1. The van der Waals surface area contributed by atoms with Crippen molar-refractivity contribution in [2.24, 2.45) is 5.92 Å². The summed E-state index contributed by atoms with van der Waals surface area (Å²) in [5.74, 6) is 0.739. The molecule has 1 aliphatic heterocycles. The smallest absolute Gasteiger partial charge is 0.254 e. The molecule has 1 aromatic heterocycles. The zero-order valence-corrected chi connectivity index (χ0v) is 15.9. The number of rotatable bonds is 5. The van der Waals surface area contributed by atoms with Crippen molar-refractivity contribution in [2.45, 2.75) is 44.9 Å². The molecular formula is C22H27N3O2. The molecule has 142 valence electrons. The average molecular weight is 365 g/mol. The minimum Gasteiger partial charge on any atom is -0.356 e. The van der Waals surface area contributed by atoms with E-state index in [9.17, 15) is 9.59 Å². The lowest BCUT2D eigenvalue weighted by molar-refractivity contribution is -0.126. The molecule has 1 saturated carbocycles. The van der Waals surface area contributed by atoms with Crippen molar-refractivity contribution in [2.75, 3.05) is 19.6 Å². The van der Waals surface area contributed by atoms with Crippen LogP contribution in [0.3, 0.4) is 0 Å². The fraction of sp³-hybridized carbons (Fsp3) is 0.500. The predicted octanol–water partition coefficient (Wildman–Crippen LogP) is 3.49. The van der Waals surface area contributed by atoms with E-state index >= 15 is 0 Å². The third-order valence-electron chi connectivity index (χ3n) is 5.66. The van der Waals surface area contributed by atoms with Gasteiger partial charge >= 0.3 is 0 Å². The van der Waals surface area contributed by atoms with E-state index in [2.05, 4.69) is 12.2 Å². The number of nitrogens with zero attached hydrogens (tertiary/aromatic N) is 2. The molecule has 0 spiro atoms. The Kier molecular flexibility index (Phi) is 5.10. The molecular weight excluding hydrogens is 338 g/mol. The van der Waals surface area contributed by atoms with Crippen molar-refractivity contribution < 1.29 is 9.59 Å². The maximum atomic E-state index is 13.3. The largest absolute Gasteiger partial charge is 0.356 e. The summed E-state index contributed by atoms with van der Waals surface area (Å²) in [6.45, 7) is 4.05. The van der Waals surface area contributed by atoms with Crippen LogP contribution >= 0.6 is 0 Å². The van der Waals surface area contributed by atoms with Crippen LogP contribution in [-0.4, -0.2) is 41.3 Å². The zero-order valence-electron chi connectivity index (χ0n) is 15.9. The van der Waals surface area contributed by atoms with Crippen LogP contribution in [0.25, 0.3) is 10.9 Å². The van der Waals surface area contributed by atoms with Crippen LogP contribution in [-0.2, 0) is 4.79 Å². The van der Waals surface area contributed by atoms with E-state index in [1.165, 1.54) is 0 Å². The second-order valence-corrected chi connectivity index (χ2v) is 7.74. The van der Waals surface area contributed by atoms with Gasteiger partial charge in [-0.2, -0.15) is 0 Å². The summed E-state index contributed by atoms with van der Waals surface area (Å²) >= 11 is 0. The lowest BCUT2D eigenvalue weighted by Crippen LogP contribution is -2.43. The first-order chi connectivity index (χ1) is 13.2. The molecule has 4 rings (SSSR count). The van der Waals surface area contributed by atoms with Crippen molar-refractivity contribution in [3.05, 3.63) is 41.6 Å². The van der Waals surface area contributed by atoms with E-state index in [4.69, 9.17) is 4.98 Å². The molecule has 2 heterocycles. The first-order valence-corrected chi connectivity index (χ1v) is 10.1. The van der Waals surface area contributed by atoms with Gasteiger partial charge in [-0.3, -0.25) is 14.6 Å². The van der Waals surface area contributed by atoms with Gasteiger partial charge in [0.2, 0.25) is 5.91 Å². The Morgan fingerprint density at radius 2 is 1.89 bits per heavy atom. The SMILES string of the molecule is CCCNC(=O)C1CCN(C(=O)c2cc(C3CC3)nc3ccccc23)CC1. The Morgan fingerprint density at radius 1 is 1.15 bits per heavy atom. The van der Waals surface area contributed by atoms with E-state index < -0.39 is 0 Å². The Labute approximate surface area is 160 Å². The number of piperidine rings is 1. The molecule has 2 aliphatic rings. The van der Waals surface area contributed by atoms with E-state index in [1.54, 1.807) is 0 Å². The van der Waals surface area contributed by atoms with Crippen LogP contribution in [0, 0.1) is 5.92 Å². The standard InChI is InChI=1S/C22H27N3O2/c1-2-11-23-21(26)16-9-12-25(13-10-16)22(27)18-14-20(15-7-8-15)24-19-6-4-3-5-17(18)19/h3-6,14-16H,2,7-13H2,1H3,(H,23,26). The molecule has 0 radical (unpaired) electrons. The van der Waals surface area contributed by atoms with Gasteiger partial charge < -0.3 is 10.2 Å². The highest BCUT2D eigenvalue weighted by atomic mass is 16.2. The van der Waals surface area contributed by atoms with Crippen LogP contribution in [0.15, 0.2) is 30.3 Å². The van der Waals surface area contributed by atoms with Crippen LogP contribution in [0.2, 0.25) is 0 Å². The van der Waals surface area contributed by atoms with Gasteiger partial charge in [-0.15, -0.1) is 0 Å². The predicted molar refractivity (Wildman–Crippen MR) is 106 cm³/mol. The third-order valence-corrected chi connectivity index (χ3v) is 5.66. The highest BCUT2D eigenvalue weighted by molar-refractivity contribution is 6.06. The van der Waals surface area contributed by atoms with Crippen molar-refractivity contribution >= 4 is 22.7 Å². The number of amides is 2. The molecule has 1 aromatic carbocycles. The summed E-state index contributed by atoms with van der Waals surface area (Å²) in [4.78, 5) is 32.1. The summed E-state index contributed by atoms with van der Waals surface area (Å²) in [6.07, 6.45) is 4.75. The molecule has 0 bridgehead atoms. The molecule has 27 heavy (non-hydrogen) atoms. The number of para-hydroxylation sites is 1. The molecule has 5 heteroatoms. The third kappa shape index (κ3) is 3.82. The topological polar surface area (TPSA) is 62.3 Å². The Morgan fingerprint density at radius 3 is 2.59 bits per heavy atom. The minimum atomic E-state index is 0.0248. The first-order valence-electron chi connectivity index (χ1n) is 10.1. The Bertz CT molecular complexity index is 852. The van der Waals surface area contributed by atoms with Gasteiger partial charge in [-0.1, -0.05) is 25.1 Å². The summed E-state index contributed by atoms with van der Waals surface area (Å²) in [7, 11) is 0. The number of likely N-dealkylation sites (tertiary alicyclic amines) is 1. The number of hydrogen-bond acceptors (Lipinski definition) is 3. The molecule has 2 amide bonds. The lowest BCUT2D eigenvalue weighted by Gasteiger charge is -2.31. The maximum absolute atomic E-state index is 13.3. The van der Waals surface area contributed by atoms with Gasteiger partial charge in [0.15, 0.2) is 0 Å². The van der Waals surface area contributed by atoms with Crippen molar-refractivity contribution in [1.82, 2.24) is 15.2 Å². The maximum Gasteiger partial charge on any atom is 0.254 e. The summed E-state index contributed by atoms with van der Waals surface area (Å²) in [6, 6.07) is 9.91. The van der Waals surface area contributed by atoms with Crippen LogP contribution in [0.5, 0.6) is 0 Å². The number of aromatic nitrogens is 1. The Hall–Kier alpha value is -2.43. The van der Waals surface area contributed by atoms with Gasteiger partial charge in [0.1, 0.15) is 0 Å². The van der Waals surface area contributed by atoms with E-state index in [-0.39, 0.29) is 17.7 Å². The lowest BCUT2D eigenvalue weighted by atomic mass is 9.95. The van der Waals surface area contributed by atoms with Gasteiger partial charge in [-0.05, 0) is 44.2 Å². The fourth-order valence-electron chi connectivity index (χ4n) is 3.87. The number of fused-ring (bicyclic) bond motifs is 1. The fourth-order valence-corrected chi connectivity index (χ4v) is 3.87. The number of carbonyl (C=O) groups excluding carboxylic acids is 2. The molecule has 1 aliphatic carbocycles. The highest BCUT2D eigenvalue weighted by Gasteiger charge is 2.30. The van der Waals surface area contributed by atoms with Gasteiger partial charge in [0, 0.05) is 42.6 Å². The van der Waals surface area contributed by atoms with Crippen LogP contribution in [0.1, 0.15) is 61.0 Å². The van der Waals surface area contributed by atoms with Crippen LogP contribution < -0.4 is 5.32 Å². The van der Waals surface area contributed by atoms with Gasteiger partial charge in [-0.25, -0.2) is 0 Å². The van der Waals surface area contributed by atoms with Crippen molar-refractivity contribution in [3.8, 4) is 0 Å². The summed E-state index contributed by atoms with van der Waals surface area (Å²) in [5.41, 5.74) is 2.71.